The summed E-state index contributed by atoms with van der Waals surface area (Å²) in [6.45, 7) is 1.14. The maximum absolute atomic E-state index is 13.7. The highest BCUT2D eigenvalue weighted by atomic mass is 79.9. The molecule has 0 unspecified atom stereocenters. The summed E-state index contributed by atoms with van der Waals surface area (Å²) in [6, 6.07) is 4.70. The zero-order chi connectivity index (χ0) is 15.1. The van der Waals surface area contributed by atoms with Crippen molar-refractivity contribution in [2.45, 2.75) is 44.6 Å². The molecule has 1 N–H and O–H groups in total. The van der Waals surface area contributed by atoms with Gasteiger partial charge >= 0.3 is 0 Å². The summed E-state index contributed by atoms with van der Waals surface area (Å²) in [6.07, 6.45) is 7.25. The molecular weight excluding hydrogens is 337 g/mol. The third kappa shape index (κ3) is 5.08. The van der Waals surface area contributed by atoms with Crippen molar-refractivity contribution in [1.29, 1.82) is 0 Å². The number of nitrogens with one attached hydrogen (secondary N) is 1. The predicted octanol–water partition coefficient (Wildman–Crippen LogP) is 4.06. The minimum atomic E-state index is -0.520. The van der Waals surface area contributed by atoms with Crippen LogP contribution in [0.5, 0.6) is 0 Å². The number of carbonyl (C=O) groups excluding carboxylic acids is 1. The van der Waals surface area contributed by atoms with E-state index < -0.39 is 5.82 Å². The summed E-state index contributed by atoms with van der Waals surface area (Å²) in [5, 5.41) is 2.72. The summed E-state index contributed by atoms with van der Waals surface area (Å²) in [5.41, 5.74) is 0.0672. The first-order valence-electron chi connectivity index (χ1n) is 7.52. The van der Waals surface area contributed by atoms with Crippen LogP contribution in [0.25, 0.3) is 0 Å². The zero-order valence-corrected chi connectivity index (χ0v) is 13.6. The van der Waals surface area contributed by atoms with Gasteiger partial charge < -0.3 is 10.1 Å². The van der Waals surface area contributed by atoms with Gasteiger partial charge in [0.15, 0.2) is 0 Å². The molecule has 1 fully saturated rings. The fourth-order valence-electron chi connectivity index (χ4n) is 2.53. The van der Waals surface area contributed by atoms with Gasteiger partial charge in [-0.15, -0.1) is 0 Å². The van der Waals surface area contributed by atoms with Gasteiger partial charge in [-0.1, -0.05) is 25.3 Å². The minimum Gasteiger partial charge on any atom is -0.378 e. The van der Waals surface area contributed by atoms with E-state index in [0.717, 1.165) is 19.3 Å². The lowest BCUT2D eigenvalue weighted by Crippen LogP contribution is -2.27. The third-order valence-electron chi connectivity index (χ3n) is 3.71. The highest BCUT2D eigenvalue weighted by Crippen LogP contribution is 2.20. The van der Waals surface area contributed by atoms with E-state index in [1.807, 2.05) is 0 Å². The van der Waals surface area contributed by atoms with E-state index in [9.17, 15) is 9.18 Å². The van der Waals surface area contributed by atoms with Gasteiger partial charge in [0.1, 0.15) is 5.82 Å². The van der Waals surface area contributed by atoms with Crippen LogP contribution in [0.2, 0.25) is 0 Å². The molecule has 116 valence electrons. The second-order valence-corrected chi connectivity index (χ2v) is 6.20. The van der Waals surface area contributed by atoms with Crippen LogP contribution in [0, 0.1) is 5.82 Å². The molecule has 0 aromatic heterocycles. The van der Waals surface area contributed by atoms with Gasteiger partial charge in [-0.25, -0.2) is 4.39 Å². The Morgan fingerprint density at radius 1 is 1.33 bits per heavy atom. The van der Waals surface area contributed by atoms with E-state index in [0.29, 0.717) is 23.7 Å². The quantitative estimate of drug-likeness (QED) is 0.779. The van der Waals surface area contributed by atoms with E-state index in [1.54, 1.807) is 12.1 Å². The first-order chi connectivity index (χ1) is 10.2. The Labute approximate surface area is 133 Å². The van der Waals surface area contributed by atoms with Crippen LogP contribution in [-0.2, 0) is 4.74 Å². The maximum atomic E-state index is 13.7. The Morgan fingerprint density at radius 2 is 2.10 bits per heavy atom. The number of halogens is 2. The average molecular weight is 358 g/mol. The molecule has 1 aromatic carbocycles. The standard InChI is InChI=1S/C16H21BrFNO2/c17-14-9-4-8-13(15(14)18)16(20)19-10-5-11-21-12-6-2-1-3-7-12/h4,8-9,12H,1-3,5-7,10-11H2,(H,19,20). The molecule has 0 heterocycles. The summed E-state index contributed by atoms with van der Waals surface area (Å²) in [4.78, 5) is 11.9. The van der Waals surface area contributed by atoms with Crippen LogP contribution in [0.3, 0.4) is 0 Å². The van der Waals surface area contributed by atoms with E-state index in [1.165, 1.54) is 25.3 Å². The summed E-state index contributed by atoms with van der Waals surface area (Å²) >= 11 is 3.08. The van der Waals surface area contributed by atoms with Crippen LogP contribution >= 0.6 is 15.9 Å². The Morgan fingerprint density at radius 3 is 2.86 bits per heavy atom. The molecule has 0 saturated heterocycles. The topological polar surface area (TPSA) is 38.3 Å². The van der Waals surface area contributed by atoms with Crippen molar-refractivity contribution >= 4 is 21.8 Å². The second-order valence-electron chi connectivity index (χ2n) is 5.34. The summed E-state index contributed by atoms with van der Waals surface area (Å²) in [7, 11) is 0. The number of hydrogen-bond donors (Lipinski definition) is 1. The third-order valence-corrected chi connectivity index (χ3v) is 4.32. The maximum Gasteiger partial charge on any atom is 0.254 e. The number of hydrogen-bond acceptors (Lipinski definition) is 2. The van der Waals surface area contributed by atoms with Crippen molar-refractivity contribution in [3.8, 4) is 0 Å². The molecule has 1 amide bonds. The predicted molar refractivity (Wildman–Crippen MR) is 83.9 cm³/mol. The molecule has 2 rings (SSSR count). The van der Waals surface area contributed by atoms with Gasteiger partial charge in [-0.3, -0.25) is 4.79 Å². The van der Waals surface area contributed by atoms with Gasteiger partial charge in [0.05, 0.1) is 16.1 Å². The van der Waals surface area contributed by atoms with Gasteiger partial charge in [-0.05, 0) is 47.3 Å². The van der Waals surface area contributed by atoms with Crippen LogP contribution in [0.15, 0.2) is 22.7 Å². The molecule has 0 radical (unpaired) electrons. The lowest BCUT2D eigenvalue weighted by atomic mass is 9.98. The molecule has 1 saturated carbocycles. The Bertz CT molecular complexity index is 475. The minimum absolute atomic E-state index is 0.0672. The van der Waals surface area contributed by atoms with Gasteiger partial charge in [0.2, 0.25) is 0 Å². The highest BCUT2D eigenvalue weighted by Gasteiger charge is 2.14. The van der Waals surface area contributed by atoms with Crippen molar-refractivity contribution in [3.05, 3.63) is 34.1 Å². The fourth-order valence-corrected chi connectivity index (χ4v) is 2.90. The van der Waals surface area contributed by atoms with E-state index in [4.69, 9.17) is 4.74 Å². The van der Waals surface area contributed by atoms with Crippen molar-refractivity contribution in [2.75, 3.05) is 13.2 Å². The van der Waals surface area contributed by atoms with Crippen molar-refractivity contribution < 1.29 is 13.9 Å². The molecule has 0 aliphatic heterocycles. The molecule has 0 bridgehead atoms. The molecule has 3 nitrogen and oxygen atoms in total. The van der Waals surface area contributed by atoms with Crippen molar-refractivity contribution in [1.82, 2.24) is 5.32 Å². The number of benzene rings is 1. The molecule has 0 spiro atoms. The van der Waals surface area contributed by atoms with E-state index in [-0.39, 0.29) is 11.5 Å². The summed E-state index contributed by atoms with van der Waals surface area (Å²) in [5.74, 6) is -0.903. The fraction of sp³-hybridized carbons (Fsp3) is 0.562. The molecule has 21 heavy (non-hydrogen) atoms. The number of amides is 1. The zero-order valence-electron chi connectivity index (χ0n) is 12.0. The first kappa shape index (κ1) is 16.4. The molecule has 0 atom stereocenters. The lowest BCUT2D eigenvalue weighted by Gasteiger charge is -2.21. The van der Waals surface area contributed by atoms with Crippen LogP contribution in [0.1, 0.15) is 48.9 Å². The normalized spacial score (nSPS) is 15.9. The van der Waals surface area contributed by atoms with Crippen LogP contribution in [0.4, 0.5) is 4.39 Å². The Balaban J connectivity index is 1.66. The highest BCUT2D eigenvalue weighted by molar-refractivity contribution is 9.10. The largest absolute Gasteiger partial charge is 0.378 e. The average Bonchev–Trinajstić information content (AvgIpc) is 2.50. The Hall–Kier alpha value is -0.940. The van der Waals surface area contributed by atoms with Crippen LogP contribution < -0.4 is 5.32 Å². The lowest BCUT2D eigenvalue weighted by molar-refractivity contribution is 0.0273. The number of carbonyl (C=O) groups is 1. The Kier molecular flexibility index (Phi) is 6.64. The summed E-state index contributed by atoms with van der Waals surface area (Å²) < 4.78 is 19.8. The van der Waals surface area contributed by atoms with Crippen LogP contribution in [-0.4, -0.2) is 25.2 Å². The smallest absolute Gasteiger partial charge is 0.254 e. The second kappa shape index (κ2) is 8.49. The molecule has 1 aromatic rings. The van der Waals surface area contributed by atoms with Crippen molar-refractivity contribution in [2.24, 2.45) is 0 Å². The first-order valence-corrected chi connectivity index (χ1v) is 8.31. The van der Waals surface area contributed by atoms with Crippen molar-refractivity contribution in [3.63, 3.8) is 0 Å². The number of rotatable bonds is 6. The monoisotopic (exact) mass is 357 g/mol. The van der Waals surface area contributed by atoms with E-state index in [2.05, 4.69) is 21.2 Å². The SMILES string of the molecule is O=C(NCCCOC1CCCCC1)c1cccc(Br)c1F. The molecule has 1 aliphatic rings. The number of ether oxygens (including phenoxy) is 1. The van der Waals surface area contributed by atoms with Gasteiger partial charge in [0, 0.05) is 13.2 Å². The molecule has 5 heteroatoms. The molecular formula is C16H21BrFNO2. The van der Waals surface area contributed by atoms with Gasteiger partial charge in [-0.2, -0.15) is 0 Å². The van der Waals surface area contributed by atoms with E-state index >= 15 is 0 Å². The molecule has 1 aliphatic carbocycles. The van der Waals surface area contributed by atoms with Gasteiger partial charge in [0.25, 0.3) is 5.91 Å².